The zero-order valence-electron chi connectivity index (χ0n) is 13.0. The van der Waals surface area contributed by atoms with E-state index in [-0.39, 0.29) is 12.4 Å². The predicted octanol–water partition coefficient (Wildman–Crippen LogP) is 2.00. The second-order valence-electron chi connectivity index (χ2n) is 5.27. The molecule has 23 heavy (non-hydrogen) atoms. The first-order chi connectivity index (χ1) is 10.6. The van der Waals surface area contributed by atoms with Gasteiger partial charge in [-0.25, -0.2) is 5.01 Å². The number of hydrogen-bond acceptors (Lipinski definition) is 6. The van der Waals surface area contributed by atoms with Crippen LogP contribution in [0.25, 0.3) is 0 Å². The number of nitrogens with two attached hydrogens (primary N) is 1. The zero-order valence-corrected chi connectivity index (χ0v) is 13.8. The van der Waals surface area contributed by atoms with Crippen LogP contribution in [0.3, 0.4) is 0 Å². The highest BCUT2D eigenvalue weighted by atomic mass is 35.5. The number of rotatable bonds is 2. The maximum absolute atomic E-state index is 9.42. The first-order valence-corrected chi connectivity index (χ1v) is 6.95. The molecule has 3 rings (SSSR count). The Morgan fingerprint density at radius 1 is 1.30 bits per heavy atom. The van der Waals surface area contributed by atoms with Gasteiger partial charge in [-0.1, -0.05) is 0 Å². The van der Waals surface area contributed by atoms with Crippen LogP contribution < -0.4 is 15.6 Å². The van der Waals surface area contributed by atoms with Gasteiger partial charge in [0.1, 0.15) is 17.5 Å². The molecule has 0 fully saturated rings. The summed E-state index contributed by atoms with van der Waals surface area (Å²) in [5.41, 5.74) is 10.0. The Bertz CT molecular complexity index is 728. The topological polar surface area (TPSA) is 77.9 Å². The maximum Gasteiger partial charge on any atom is 0.144 e. The van der Waals surface area contributed by atoms with Crippen LogP contribution >= 0.6 is 12.4 Å². The highest BCUT2D eigenvalue weighted by Gasteiger charge is 2.27. The molecule has 2 heterocycles. The Labute approximate surface area is 141 Å². The third-order valence-electron chi connectivity index (χ3n) is 3.65. The van der Waals surface area contributed by atoms with Crippen molar-refractivity contribution in [3.63, 3.8) is 0 Å². The lowest BCUT2D eigenvalue weighted by atomic mass is 9.99. The molecule has 0 amide bonds. The summed E-state index contributed by atoms with van der Waals surface area (Å²) < 4.78 is 5.39. The van der Waals surface area contributed by atoms with E-state index in [1.807, 2.05) is 49.3 Å². The van der Waals surface area contributed by atoms with Gasteiger partial charge in [0.05, 0.1) is 24.6 Å². The van der Waals surface area contributed by atoms with Crippen molar-refractivity contribution in [1.29, 1.82) is 5.26 Å². The Morgan fingerprint density at radius 2 is 2.00 bits per heavy atom. The molecule has 0 bridgehead atoms. The van der Waals surface area contributed by atoms with Crippen molar-refractivity contribution in [2.45, 2.75) is 0 Å². The average Bonchev–Trinajstić information content (AvgIpc) is 2.54. The lowest BCUT2D eigenvalue weighted by Crippen LogP contribution is -2.34. The van der Waals surface area contributed by atoms with Gasteiger partial charge in [-0.05, 0) is 30.3 Å². The molecule has 7 heteroatoms. The molecule has 0 saturated carbocycles. The minimum Gasteiger partial charge on any atom is -0.383 e. The van der Waals surface area contributed by atoms with Crippen molar-refractivity contribution in [3.05, 3.63) is 47.3 Å². The second-order valence-corrected chi connectivity index (χ2v) is 5.27. The number of fused-ring (bicyclic) bond motifs is 1. The van der Waals surface area contributed by atoms with E-state index >= 15 is 0 Å². The van der Waals surface area contributed by atoms with Crippen LogP contribution in [0.2, 0.25) is 0 Å². The number of ether oxygens (including phenoxy) is 1. The lowest BCUT2D eigenvalue weighted by Gasteiger charge is -2.29. The summed E-state index contributed by atoms with van der Waals surface area (Å²) in [6.45, 7) is 0.862. The Morgan fingerprint density at radius 3 is 2.61 bits per heavy atom. The molecule has 2 aliphatic rings. The van der Waals surface area contributed by atoms with Gasteiger partial charge in [0.2, 0.25) is 0 Å². The standard InChI is InChI=1S/C16H17N5O.ClH/c1-20(2)11-3-5-12(6-4-11)21-16(18)14(9-17)13-7-8-22-10-15(13)19-21;/h3-7H,8,10,18H2,1-2H3;1H. The zero-order chi connectivity index (χ0) is 15.7. The van der Waals surface area contributed by atoms with E-state index in [0.29, 0.717) is 24.6 Å². The van der Waals surface area contributed by atoms with Crippen molar-refractivity contribution in [2.24, 2.45) is 10.8 Å². The summed E-state index contributed by atoms with van der Waals surface area (Å²) in [4.78, 5) is 2.02. The summed E-state index contributed by atoms with van der Waals surface area (Å²) >= 11 is 0. The van der Waals surface area contributed by atoms with E-state index in [4.69, 9.17) is 10.5 Å². The average molecular weight is 332 g/mol. The molecule has 2 aliphatic heterocycles. The molecule has 6 nitrogen and oxygen atoms in total. The molecule has 0 atom stereocenters. The van der Waals surface area contributed by atoms with E-state index in [2.05, 4.69) is 11.2 Å². The molecular formula is C16H18ClN5O. The van der Waals surface area contributed by atoms with Crippen molar-refractivity contribution in [3.8, 4) is 6.07 Å². The summed E-state index contributed by atoms with van der Waals surface area (Å²) in [6.07, 6.45) is 1.85. The highest BCUT2D eigenvalue weighted by molar-refractivity contribution is 6.08. The van der Waals surface area contributed by atoms with Crippen molar-refractivity contribution >= 4 is 29.5 Å². The van der Waals surface area contributed by atoms with Crippen LogP contribution in [0.1, 0.15) is 0 Å². The Kier molecular flexibility index (Phi) is 4.94. The molecule has 120 valence electrons. The van der Waals surface area contributed by atoms with Crippen LogP contribution in [0.15, 0.2) is 52.4 Å². The molecule has 0 aliphatic carbocycles. The van der Waals surface area contributed by atoms with Gasteiger partial charge in [0.15, 0.2) is 0 Å². The minimum atomic E-state index is 0. The molecule has 0 unspecified atom stereocenters. The number of allylic oxidation sites excluding steroid dienone is 1. The quantitative estimate of drug-likeness (QED) is 0.896. The Hall–Kier alpha value is -2.49. The summed E-state index contributed by atoms with van der Waals surface area (Å²) in [7, 11) is 3.96. The number of hydrazone groups is 1. The number of nitriles is 1. The van der Waals surface area contributed by atoms with E-state index in [0.717, 1.165) is 22.7 Å². The normalized spacial score (nSPS) is 16.7. The highest BCUT2D eigenvalue weighted by Crippen LogP contribution is 2.29. The Balaban J connectivity index is 0.00000192. The molecule has 0 aromatic heterocycles. The van der Waals surface area contributed by atoms with E-state index in [1.165, 1.54) is 0 Å². The van der Waals surface area contributed by atoms with Gasteiger partial charge >= 0.3 is 0 Å². The molecule has 0 spiro atoms. The van der Waals surface area contributed by atoms with E-state index in [1.54, 1.807) is 5.01 Å². The fourth-order valence-electron chi connectivity index (χ4n) is 2.45. The number of benzene rings is 1. The maximum atomic E-state index is 9.42. The number of hydrogen-bond donors (Lipinski definition) is 1. The fourth-order valence-corrected chi connectivity index (χ4v) is 2.45. The molecule has 0 radical (unpaired) electrons. The van der Waals surface area contributed by atoms with Crippen LogP contribution in [-0.4, -0.2) is 33.0 Å². The van der Waals surface area contributed by atoms with Gasteiger partial charge < -0.3 is 15.4 Å². The number of anilines is 2. The fraction of sp³-hybridized carbons (Fsp3) is 0.250. The molecule has 1 aromatic carbocycles. The second kappa shape index (κ2) is 6.73. The molecule has 2 N–H and O–H groups in total. The van der Waals surface area contributed by atoms with Crippen molar-refractivity contribution < 1.29 is 4.74 Å². The predicted molar refractivity (Wildman–Crippen MR) is 93.7 cm³/mol. The van der Waals surface area contributed by atoms with Gasteiger partial charge in [0, 0.05) is 25.4 Å². The number of halogens is 1. The minimum absolute atomic E-state index is 0. The molecule has 1 aromatic rings. The van der Waals surface area contributed by atoms with Gasteiger partial charge in [-0.2, -0.15) is 10.4 Å². The SMILES string of the molecule is CN(C)c1ccc(N2N=C3COCC=C3C(C#N)=C2N)cc1.Cl. The van der Waals surface area contributed by atoms with Crippen LogP contribution in [0, 0.1) is 11.3 Å². The summed E-state index contributed by atoms with van der Waals surface area (Å²) in [6, 6.07) is 10.0. The monoisotopic (exact) mass is 331 g/mol. The van der Waals surface area contributed by atoms with Crippen molar-refractivity contribution in [1.82, 2.24) is 0 Å². The first kappa shape index (κ1) is 16.9. The largest absolute Gasteiger partial charge is 0.383 e. The number of nitrogens with zero attached hydrogens (tertiary/aromatic N) is 4. The van der Waals surface area contributed by atoms with E-state index in [9.17, 15) is 5.26 Å². The van der Waals surface area contributed by atoms with Gasteiger partial charge in [-0.3, -0.25) is 0 Å². The third kappa shape index (κ3) is 3.02. The molecular weight excluding hydrogens is 314 g/mol. The van der Waals surface area contributed by atoms with Gasteiger partial charge in [0.25, 0.3) is 0 Å². The van der Waals surface area contributed by atoms with Crippen LogP contribution in [0.4, 0.5) is 11.4 Å². The smallest absolute Gasteiger partial charge is 0.144 e. The van der Waals surface area contributed by atoms with E-state index < -0.39 is 0 Å². The first-order valence-electron chi connectivity index (χ1n) is 6.95. The summed E-state index contributed by atoms with van der Waals surface area (Å²) in [5, 5.41) is 15.6. The van der Waals surface area contributed by atoms with Crippen LogP contribution in [-0.2, 0) is 4.74 Å². The lowest BCUT2D eigenvalue weighted by molar-refractivity contribution is 0.199. The van der Waals surface area contributed by atoms with Gasteiger partial charge in [-0.15, -0.1) is 12.4 Å². The third-order valence-corrected chi connectivity index (χ3v) is 3.65. The summed E-state index contributed by atoms with van der Waals surface area (Å²) in [5.74, 6) is 0.344. The van der Waals surface area contributed by atoms with Crippen molar-refractivity contribution in [2.75, 3.05) is 37.2 Å². The molecule has 0 saturated heterocycles. The van der Waals surface area contributed by atoms with Crippen LogP contribution in [0.5, 0.6) is 0 Å².